The Kier molecular flexibility index (Phi) is 8.25. The van der Waals surface area contributed by atoms with Gasteiger partial charge in [0.25, 0.3) is 0 Å². The molecule has 0 aliphatic rings. The van der Waals surface area contributed by atoms with Crippen molar-refractivity contribution in [1.82, 2.24) is 4.31 Å². The van der Waals surface area contributed by atoms with E-state index in [2.05, 4.69) is 5.32 Å². The van der Waals surface area contributed by atoms with Gasteiger partial charge in [0, 0.05) is 17.3 Å². The minimum absolute atomic E-state index is 0.0535. The zero-order valence-corrected chi connectivity index (χ0v) is 21.2. The Bertz CT molecular complexity index is 1410. The van der Waals surface area contributed by atoms with Gasteiger partial charge in [-0.25, -0.2) is 22.0 Å². The summed E-state index contributed by atoms with van der Waals surface area (Å²) in [5.74, 6) is -0.652. The first-order valence-electron chi connectivity index (χ1n) is 9.48. The maximum absolute atomic E-state index is 13.3. The maximum atomic E-state index is 13.3. The normalized spacial score (nSPS) is 12.0. The van der Waals surface area contributed by atoms with E-state index in [0.29, 0.717) is 15.6 Å². The van der Waals surface area contributed by atoms with E-state index < -0.39 is 32.5 Å². The largest absolute Gasteiger partial charge is 0.325 e. The number of carbonyl (C=O) groups is 1. The van der Waals surface area contributed by atoms with Crippen molar-refractivity contribution in [3.8, 4) is 0 Å². The van der Waals surface area contributed by atoms with Crippen LogP contribution in [0.3, 0.4) is 0 Å². The number of hydrogen-bond donors (Lipinski definition) is 2. The van der Waals surface area contributed by atoms with Gasteiger partial charge < -0.3 is 5.32 Å². The van der Waals surface area contributed by atoms with Crippen molar-refractivity contribution in [2.24, 2.45) is 5.14 Å². The molecule has 0 unspecified atom stereocenters. The number of nitrogens with two attached hydrogens (primary N) is 1. The first-order chi connectivity index (χ1) is 15.9. The molecule has 13 heteroatoms. The van der Waals surface area contributed by atoms with E-state index in [0.717, 1.165) is 4.31 Å². The molecule has 3 N–H and O–H groups in total. The van der Waals surface area contributed by atoms with Crippen LogP contribution in [-0.2, 0) is 31.4 Å². The lowest BCUT2D eigenvalue weighted by Gasteiger charge is -2.22. The van der Waals surface area contributed by atoms with Gasteiger partial charge in [0.05, 0.1) is 26.4 Å². The molecule has 0 saturated carbocycles. The minimum Gasteiger partial charge on any atom is -0.325 e. The van der Waals surface area contributed by atoms with Crippen LogP contribution in [-0.4, -0.2) is 33.6 Å². The standard InChI is InChI=1S/C21H18Cl3N3O5S2/c22-15-2-6-18(7-3-15)34(31,32)27(12-14-1-10-19(23)20(24)11-14)13-21(28)26-16-4-8-17(9-5-16)33(25,29)30/h1-11H,12-13H2,(H,26,28)(H2,25,29,30). The summed E-state index contributed by atoms with van der Waals surface area (Å²) in [4.78, 5) is 12.5. The van der Waals surface area contributed by atoms with Gasteiger partial charge in [0.2, 0.25) is 26.0 Å². The Morgan fingerprint density at radius 3 is 1.97 bits per heavy atom. The third-order valence-electron chi connectivity index (χ3n) is 4.58. The molecule has 0 spiro atoms. The van der Waals surface area contributed by atoms with Crippen LogP contribution < -0.4 is 10.5 Å². The highest BCUT2D eigenvalue weighted by Crippen LogP contribution is 2.26. The van der Waals surface area contributed by atoms with E-state index >= 15 is 0 Å². The van der Waals surface area contributed by atoms with Gasteiger partial charge in [0.1, 0.15) is 0 Å². The zero-order chi connectivity index (χ0) is 25.1. The average Bonchev–Trinajstić information content (AvgIpc) is 2.76. The quantitative estimate of drug-likeness (QED) is 0.427. The number of sulfonamides is 2. The van der Waals surface area contributed by atoms with Crippen LogP contribution in [0.25, 0.3) is 0 Å². The Morgan fingerprint density at radius 2 is 1.41 bits per heavy atom. The molecule has 0 aliphatic heterocycles. The van der Waals surface area contributed by atoms with Gasteiger partial charge in [-0.2, -0.15) is 4.31 Å². The second kappa shape index (κ2) is 10.6. The van der Waals surface area contributed by atoms with Crippen molar-refractivity contribution in [1.29, 1.82) is 0 Å². The van der Waals surface area contributed by atoms with Crippen LogP contribution in [0.4, 0.5) is 5.69 Å². The molecule has 0 aliphatic carbocycles. The van der Waals surface area contributed by atoms with Crippen LogP contribution >= 0.6 is 34.8 Å². The number of nitrogens with one attached hydrogen (secondary N) is 1. The molecule has 8 nitrogen and oxygen atoms in total. The van der Waals surface area contributed by atoms with E-state index in [9.17, 15) is 21.6 Å². The molecule has 34 heavy (non-hydrogen) atoms. The predicted octanol–water partition coefficient (Wildman–Crippen LogP) is 4.12. The summed E-state index contributed by atoms with van der Waals surface area (Å²) in [5.41, 5.74) is 0.771. The summed E-state index contributed by atoms with van der Waals surface area (Å²) in [6, 6.07) is 15.3. The van der Waals surface area contributed by atoms with Crippen molar-refractivity contribution in [2.45, 2.75) is 16.3 Å². The lowest BCUT2D eigenvalue weighted by atomic mass is 10.2. The number of carbonyl (C=O) groups excluding carboxylic acids is 1. The molecular formula is C21H18Cl3N3O5S2. The third-order valence-corrected chi connectivity index (χ3v) is 8.31. The SMILES string of the molecule is NS(=O)(=O)c1ccc(NC(=O)CN(Cc2ccc(Cl)c(Cl)c2)S(=O)(=O)c2ccc(Cl)cc2)cc1. The number of primary sulfonamides is 1. The van der Waals surface area contributed by atoms with Crippen molar-refractivity contribution in [3.63, 3.8) is 0 Å². The number of hydrogen-bond acceptors (Lipinski definition) is 5. The molecule has 0 heterocycles. The summed E-state index contributed by atoms with van der Waals surface area (Å²) < 4.78 is 50.4. The van der Waals surface area contributed by atoms with Crippen LogP contribution in [0.5, 0.6) is 0 Å². The summed E-state index contributed by atoms with van der Waals surface area (Å²) in [5, 5.41) is 8.51. The highest BCUT2D eigenvalue weighted by Gasteiger charge is 2.27. The van der Waals surface area contributed by atoms with E-state index in [1.54, 1.807) is 6.07 Å². The molecule has 0 saturated heterocycles. The number of nitrogens with zero attached hydrogens (tertiary/aromatic N) is 1. The number of benzene rings is 3. The van der Waals surface area contributed by atoms with Crippen molar-refractivity contribution in [2.75, 3.05) is 11.9 Å². The van der Waals surface area contributed by atoms with Crippen molar-refractivity contribution >= 4 is 66.4 Å². The summed E-state index contributed by atoms with van der Waals surface area (Å²) >= 11 is 17.9. The molecule has 0 aromatic heterocycles. The second-order valence-corrected chi connectivity index (χ2v) is 11.8. The fourth-order valence-electron chi connectivity index (χ4n) is 2.91. The van der Waals surface area contributed by atoms with Crippen LogP contribution in [0, 0.1) is 0 Å². The van der Waals surface area contributed by atoms with Crippen molar-refractivity contribution < 1.29 is 21.6 Å². The van der Waals surface area contributed by atoms with E-state index in [1.807, 2.05) is 0 Å². The van der Waals surface area contributed by atoms with E-state index in [-0.39, 0.29) is 27.0 Å². The van der Waals surface area contributed by atoms with Gasteiger partial charge in [0.15, 0.2) is 0 Å². The minimum atomic E-state index is -4.11. The fraction of sp³-hybridized carbons (Fsp3) is 0.0952. The van der Waals surface area contributed by atoms with Crippen molar-refractivity contribution in [3.05, 3.63) is 87.4 Å². The monoisotopic (exact) mass is 561 g/mol. The van der Waals surface area contributed by atoms with Crippen LogP contribution in [0.15, 0.2) is 76.5 Å². The molecule has 0 bridgehead atoms. The second-order valence-electron chi connectivity index (χ2n) is 7.09. The first kappa shape index (κ1) is 26.4. The highest BCUT2D eigenvalue weighted by atomic mass is 35.5. The van der Waals surface area contributed by atoms with Crippen LogP contribution in [0.2, 0.25) is 15.1 Å². The average molecular weight is 563 g/mol. The molecular weight excluding hydrogens is 545 g/mol. The summed E-state index contributed by atoms with van der Waals surface area (Å²) in [7, 11) is -8.00. The zero-order valence-electron chi connectivity index (χ0n) is 17.3. The Morgan fingerprint density at radius 1 is 0.824 bits per heavy atom. The molecule has 0 atom stereocenters. The maximum Gasteiger partial charge on any atom is 0.243 e. The Labute approximate surface area is 212 Å². The molecule has 1 amide bonds. The number of amides is 1. The molecule has 3 rings (SSSR count). The number of rotatable bonds is 8. The molecule has 3 aromatic carbocycles. The van der Waals surface area contributed by atoms with E-state index in [4.69, 9.17) is 39.9 Å². The molecule has 0 radical (unpaired) electrons. The molecule has 3 aromatic rings. The Balaban J connectivity index is 1.87. The molecule has 0 fully saturated rings. The van der Waals surface area contributed by atoms with Crippen LogP contribution in [0.1, 0.15) is 5.56 Å². The van der Waals surface area contributed by atoms with E-state index in [1.165, 1.54) is 60.7 Å². The summed E-state index contributed by atoms with van der Waals surface area (Å²) in [6.45, 7) is -0.707. The first-order valence-corrected chi connectivity index (χ1v) is 13.6. The molecule has 180 valence electrons. The Hall–Kier alpha value is -2.18. The highest BCUT2D eigenvalue weighted by molar-refractivity contribution is 7.89. The smallest absolute Gasteiger partial charge is 0.243 e. The van der Waals surface area contributed by atoms with Gasteiger partial charge in [-0.3, -0.25) is 4.79 Å². The van der Waals surface area contributed by atoms with Gasteiger partial charge in [-0.1, -0.05) is 40.9 Å². The lowest BCUT2D eigenvalue weighted by Crippen LogP contribution is -2.37. The topological polar surface area (TPSA) is 127 Å². The lowest BCUT2D eigenvalue weighted by molar-refractivity contribution is -0.116. The predicted molar refractivity (Wildman–Crippen MR) is 132 cm³/mol. The van der Waals surface area contributed by atoms with Gasteiger partial charge in [-0.15, -0.1) is 0 Å². The fourth-order valence-corrected chi connectivity index (χ4v) is 5.26. The van der Waals surface area contributed by atoms with Gasteiger partial charge >= 0.3 is 0 Å². The number of halogens is 3. The van der Waals surface area contributed by atoms with Gasteiger partial charge in [-0.05, 0) is 66.2 Å². The number of anilines is 1. The summed E-state index contributed by atoms with van der Waals surface area (Å²) in [6.07, 6.45) is 0. The third kappa shape index (κ3) is 6.70.